The number of hydrogen-bond acceptors (Lipinski definition) is 6. The first kappa shape index (κ1) is 22.7. The Morgan fingerprint density at radius 1 is 0.912 bits per heavy atom. The molecule has 7 nitrogen and oxygen atoms in total. The highest BCUT2D eigenvalue weighted by Gasteiger charge is 2.11. The van der Waals surface area contributed by atoms with Gasteiger partial charge in [0.2, 0.25) is 0 Å². The van der Waals surface area contributed by atoms with Crippen molar-refractivity contribution in [2.24, 2.45) is 4.99 Å². The number of carbonyl (C=O) groups is 1. The average Bonchev–Trinajstić information content (AvgIpc) is 2.88. The van der Waals surface area contributed by atoms with Crippen molar-refractivity contribution >= 4 is 23.6 Å². The maximum absolute atomic E-state index is 13.8. The third-order valence-corrected chi connectivity index (χ3v) is 4.82. The lowest BCUT2D eigenvalue weighted by Crippen LogP contribution is -2.24. The SMILES string of the molecule is O=C/C(=N\c1ccc(-c2ccc(F)c(F)c2)nc1NCc1cccnc1)NCc1cccnc1. The zero-order valence-corrected chi connectivity index (χ0v) is 18.0. The summed E-state index contributed by atoms with van der Waals surface area (Å²) in [5, 5.41) is 6.17. The van der Waals surface area contributed by atoms with Crippen molar-refractivity contribution in [2.45, 2.75) is 13.1 Å². The van der Waals surface area contributed by atoms with E-state index in [0.29, 0.717) is 42.1 Å². The van der Waals surface area contributed by atoms with Crippen molar-refractivity contribution < 1.29 is 13.6 Å². The molecule has 0 aliphatic rings. The van der Waals surface area contributed by atoms with Crippen LogP contribution in [0.1, 0.15) is 11.1 Å². The first-order chi connectivity index (χ1) is 16.6. The van der Waals surface area contributed by atoms with Gasteiger partial charge in [0.05, 0.1) is 5.69 Å². The van der Waals surface area contributed by atoms with E-state index in [4.69, 9.17) is 0 Å². The molecule has 0 aliphatic heterocycles. The van der Waals surface area contributed by atoms with Gasteiger partial charge < -0.3 is 10.6 Å². The number of benzene rings is 1. The molecule has 34 heavy (non-hydrogen) atoms. The van der Waals surface area contributed by atoms with Gasteiger partial charge in [0.25, 0.3) is 0 Å². The summed E-state index contributed by atoms with van der Waals surface area (Å²) in [5.41, 5.74) is 3.02. The van der Waals surface area contributed by atoms with Crippen LogP contribution < -0.4 is 10.6 Å². The number of carbonyl (C=O) groups excluding carboxylic acids is 1. The van der Waals surface area contributed by atoms with E-state index in [2.05, 4.69) is 30.6 Å². The van der Waals surface area contributed by atoms with Crippen LogP contribution in [-0.4, -0.2) is 27.1 Å². The van der Waals surface area contributed by atoms with E-state index < -0.39 is 11.6 Å². The first-order valence-corrected chi connectivity index (χ1v) is 10.4. The van der Waals surface area contributed by atoms with Crippen molar-refractivity contribution in [3.05, 3.63) is 102 Å². The molecule has 0 saturated heterocycles. The van der Waals surface area contributed by atoms with E-state index in [0.717, 1.165) is 23.3 Å². The highest BCUT2D eigenvalue weighted by Crippen LogP contribution is 2.29. The Morgan fingerprint density at radius 2 is 1.65 bits per heavy atom. The molecule has 0 unspecified atom stereocenters. The Kier molecular flexibility index (Phi) is 7.24. The summed E-state index contributed by atoms with van der Waals surface area (Å²) in [6.45, 7) is 0.758. The largest absolute Gasteiger partial charge is 0.364 e. The Hall–Kier alpha value is -4.53. The molecule has 0 amide bonds. The number of halogens is 2. The van der Waals surface area contributed by atoms with Crippen molar-refractivity contribution in [1.82, 2.24) is 20.3 Å². The molecule has 9 heteroatoms. The molecule has 0 spiro atoms. The topological polar surface area (TPSA) is 92.2 Å². The Labute approximate surface area is 194 Å². The molecule has 3 aromatic heterocycles. The Morgan fingerprint density at radius 3 is 2.29 bits per heavy atom. The number of aliphatic imine (C=N–C) groups is 1. The molecule has 1 aromatic carbocycles. The first-order valence-electron chi connectivity index (χ1n) is 10.4. The number of nitrogens with zero attached hydrogens (tertiary/aromatic N) is 4. The minimum Gasteiger partial charge on any atom is -0.364 e. The lowest BCUT2D eigenvalue weighted by atomic mass is 10.1. The summed E-state index contributed by atoms with van der Waals surface area (Å²) < 4.78 is 27.1. The summed E-state index contributed by atoms with van der Waals surface area (Å²) in [7, 11) is 0. The Bertz CT molecular complexity index is 1300. The van der Waals surface area contributed by atoms with Gasteiger partial charge in [-0.1, -0.05) is 12.1 Å². The average molecular weight is 458 g/mol. The molecule has 4 rings (SSSR count). The molecule has 2 N–H and O–H groups in total. The van der Waals surface area contributed by atoms with Crippen LogP contribution in [0.25, 0.3) is 11.3 Å². The van der Waals surface area contributed by atoms with E-state index in [1.54, 1.807) is 43.0 Å². The van der Waals surface area contributed by atoms with Gasteiger partial charge in [0, 0.05) is 43.4 Å². The molecule has 0 radical (unpaired) electrons. The fourth-order valence-corrected chi connectivity index (χ4v) is 3.11. The van der Waals surface area contributed by atoms with Crippen LogP contribution in [0.4, 0.5) is 20.3 Å². The Balaban J connectivity index is 1.64. The molecule has 0 fully saturated rings. The van der Waals surface area contributed by atoms with Crippen LogP contribution in [-0.2, 0) is 17.9 Å². The second kappa shape index (κ2) is 10.9. The molecular weight excluding hydrogens is 438 g/mol. The van der Waals surface area contributed by atoms with Gasteiger partial charge in [-0.25, -0.2) is 18.8 Å². The van der Waals surface area contributed by atoms with E-state index in [1.165, 1.54) is 6.07 Å². The molecule has 0 atom stereocenters. The highest BCUT2D eigenvalue weighted by molar-refractivity contribution is 6.27. The number of hydrogen-bond donors (Lipinski definition) is 2. The number of nitrogens with one attached hydrogen (secondary N) is 2. The summed E-state index contributed by atoms with van der Waals surface area (Å²) in [6.07, 6.45) is 7.35. The number of anilines is 1. The number of pyridine rings is 3. The van der Waals surface area contributed by atoms with Gasteiger partial charge in [-0.3, -0.25) is 14.8 Å². The van der Waals surface area contributed by atoms with E-state index in [-0.39, 0.29) is 5.84 Å². The maximum Gasteiger partial charge on any atom is 0.185 e. The van der Waals surface area contributed by atoms with E-state index in [9.17, 15) is 13.6 Å². The van der Waals surface area contributed by atoms with Gasteiger partial charge in [0.15, 0.2) is 29.6 Å². The molecular formula is C25H20F2N6O. The standard InChI is InChI=1S/C25H20F2N6O/c26-20-6-5-19(11-21(20)27)22-7-8-23(25(33-22)31-15-18-4-2-10-29-13-18)32-24(16-34)30-14-17-3-1-9-28-12-17/h1-13,16H,14-15H2,(H,30,32)(H,31,33). The van der Waals surface area contributed by atoms with Crippen LogP contribution in [0.15, 0.2) is 84.4 Å². The second-order valence-corrected chi connectivity index (χ2v) is 7.24. The summed E-state index contributed by atoms with van der Waals surface area (Å²) in [6, 6.07) is 14.3. The van der Waals surface area contributed by atoms with Crippen LogP contribution in [0.2, 0.25) is 0 Å². The zero-order chi connectivity index (χ0) is 23.8. The predicted molar refractivity (Wildman–Crippen MR) is 125 cm³/mol. The minimum atomic E-state index is -0.964. The molecule has 3 heterocycles. The normalized spacial score (nSPS) is 11.2. The van der Waals surface area contributed by atoms with Gasteiger partial charge in [-0.2, -0.15) is 0 Å². The number of aromatic nitrogens is 3. The predicted octanol–water partition coefficient (Wildman–Crippen LogP) is 4.45. The quantitative estimate of drug-likeness (QED) is 0.230. The summed E-state index contributed by atoms with van der Waals surface area (Å²) in [5.74, 6) is -1.42. The third-order valence-electron chi connectivity index (χ3n) is 4.82. The van der Waals surface area contributed by atoms with Crippen LogP contribution >= 0.6 is 0 Å². The van der Waals surface area contributed by atoms with Gasteiger partial charge in [0.1, 0.15) is 5.69 Å². The van der Waals surface area contributed by atoms with Crippen molar-refractivity contribution in [3.63, 3.8) is 0 Å². The maximum atomic E-state index is 13.8. The monoisotopic (exact) mass is 458 g/mol. The zero-order valence-electron chi connectivity index (χ0n) is 18.0. The number of rotatable bonds is 8. The van der Waals surface area contributed by atoms with Gasteiger partial charge >= 0.3 is 0 Å². The summed E-state index contributed by atoms with van der Waals surface area (Å²) in [4.78, 5) is 28.7. The molecule has 170 valence electrons. The lowest BCUT2D eigenvalue weighted by Gasteiger charge is -2.12. The fourth-order valence-electron chi connectivity index (χ4n) is 3.11. The molecule has 0 bridgehead atoms. The molecule has 4 aromatic rings. The fraction of sp³-hybridized carbons (Fsp3) is 0.0800. The van der Waals surface area contributed by atoms with Crippen LogP contribution in [0.5, 0.6) is 0 Å². The lowest BCUT2D eigenvalue weighted by molar-refractivity contribution is -0.102. The summed E-state index contributed by atoms with van der Waals surface area (Å²) >= 11 is 0. The third kappa shape index (κ3) is 5.83. The molecule has 0 saturated carbocycles. The van der Waals surface area contributed by atoms with E-state index in [1.807, 2.05) is 18.2 Å². The highest BCUT2D eigenvalue weighted by atomic mass is 19.2. The number of amidine groups is 1. The van der Waals surface area contributed by atoms with E-state index >= 15 is 0 Å². The van der Waals surface area contributed by atoms with Gasteiger partial charge in [-0.05, 0) is 53.6 Å². The van der Waals surface area contributed by atoms with Crippen molar-refractivity contribution in [3.8, 4) is 11.3 Å². The number of aldehydes is 1. The minimum absolute atomic E-state index is 0.107. The second-order valence-electron chi connectivity index (χ2n) is 7.24. The van der Waals surface area contributed by atoms with Gasteiger partial charge in [-0.15, -0.1) is 0 Å². The van der Waals surface area contributed by atoms with Crippen LogP contribution in [0, 0.1) is 11.6 Å². The molecule has 0 aliphatic carbocycles. The van der Waals surface area contributed by atoms with Crippen molar-refractivity contribution in [2.75, 3.05) is 5.32 Å². The van der Waals surface area contributed by atoms with Crippen LogP contribution in [0.3, 0.4) is 0 Å². The smallest absolute Gasteiger partial charge is 0.185 e. The van der Waals surface area contributed by atoms with Crippen molar-refractivity contribution in [1.29, 1.82) is 0 Å².